The Bertz CT molecular complexity index is 198. The minimum Gasteiger partial charge on any atom is -0.128 e. The van der Waals surface area contributed by atoms with Gasteiger partial charge in [0.1, 0.15) is 0 Å². The van der Waals surface area contributed by atoms with Crippen LogP contribution in [0.2, 0.25) is 0 Å². The maximum absolute atomic E-state index is 3.12. The van der Waals surface area contributed by atoms with Gasteiger partial charge in [0.05, 0.1) is 0 Å². The molecule has 0 fully saturated rings. The van der Waals surface area contributed by atoms with Crippen molar-refractivity contribution in [3.05, 3.63) is 27.8 Å². The van der Waals surface area contributed by atoms with E-state index < -0.39 is 0 Å². The first-order chi connectivity index (χ1) is 4.34. The van der Waals surface area contributed by atoms with Crippen molar-refractivity contribution in [3.63, 3.8) is 0 Å². The van der Waals surface area contributed by atoms with Crippen LogP contribution in [0.15, 0.2) is 23.1 Å². The van der Waals surface area contributed by atoms with Gasteiger partial charge in [-0.1, -0.05) is 12.1 Å². The number of hydrogen-bond acceptors (Lipinski definition) is 1. The standard InChI is InChI=1S/C7H6IS/c1-9-7-5-3-2-4-6(7)8/h2-3,5H,1H3. The molecule has 2 heteroatoms. The Kier molecular flexibility index (Phi) is 2.85. The summed E-state index contributed by atoms with van der Waals surface area (Å²) in [5, 5.41) is 0. The molecule has 0 nitrogen and oxygen atoms in total. The minimum absolute atomic E-state index is 1.21. The molecule has 0 aliphatic rings. The van der Waals surface area contributed by atoms with E-state index in [0.717, 1.165) is 0 Å². The third kappa shape index (κ3) is 1.86. The molecule has 0 N–H and O–H groups in total. The third-order valence-electron chi connectivity index (χ3n) is 0.990. The van der Waals surface area contributed by atoms with Gasteiger partial charge in [0.15, 0.2) is 0 Å². The van der Waals surface area contributed by atoms with Crippen molar-refractivity contribution < 1.29 is 0 Å². The lowest BCUT2D eigenvalue weighted by Crippen LogP contribution is -1.74. The minimum atomic E-state index is 1.21. The predicted octanol–water partition coefficient (Wildman–Crippen LogP) is 2.81. The molecule has 0 aliphatic carbocycles. The fraction of sp³-hybridized carbons (Fsp3) is 0.143. The molecule has 1 aromatic rings. The molecule has 0 unspecified atom stereocenters. The lowest BCUT2D eigenvalue weighted by Gasteiger charge is -1.95. The van der Waals surface area contributed by atoms with E-state index in [1.54, 1.807) is 11.8 Å². The van der Waals surface area contributed by atoms with Crippen molar-refractivity contribution >= 4 is 34.4 Å². The molecule has 0 saturated carbocycles. The first kappa shape index (κ1) is 7.41. The van der Waals surface area contributed by atoms with Crippen molar-refractivity contribution in [1.29, 1.82) is 0 Å². The van der Waals surface area contributed by atoms with Gasteiger partial charge in [-0.25, -0.2) is 0 Å². The van der Waals surface area contributed by atoms with E-state index in [4.69, 9.17) is 0 Å². The fourth-order valence-electron chi connectivity index (χ4n) is 0.559. The van der Waals surface area contributed by atoms with Gasteiger partial charge < -0.3 is 0 Å². The molecular weight excluding hydrogens is 243 g/mol. The highest BCUT2D eigenvalue weighted by Crippen LogP contribution is 2.20. The van der Waals surface area contributed by atoms with E-state index in [1.165, 1.54) is 8.47 Å². The molecule has 1 rings (SSSR count). The molecule has 0 bridgehead atoms. The van der Waals surface area contributed by atoms with Crippen LogP contribution in [-0.2, 0) is 0 Å². The summed E-state index contributed by atoms with van der Waals surface area (Å²) in [5.74, 6) is 0. The first-order valence-corrected chi connectivity index (χ1v) is 4.85. The van der Waals surface area contributed by atoms with Gasteiger partial charge in [0, 0.05) is 8.47 Å². The summed E-state index contributed by atoms with van der Waals surface area (Å²) in [6.07, 6.45) is 2.07. The summed E-state index contributed by atoms with van der Waals surface area (Å²) in [5.41, 5.74) is 0. The van der Waals surface area contributed by atoms with Gasteiger partial charge in [0.25, 0.3) is 0 Å². The highest BCUT2D eigenvalue weighted by atomic mass is 127. The van der Waals surface area contributed by atoms with Crippen LogP contribution in [0.4, 0.5) is 0 Å². The Morgan fingerprint density at radius 1 is 1.67 bits per heavy atom. The van der Waals surface area contributed by atoms with Crippen molar-refractivity contribution in [1.82, 2.24) is 0 Å². The molecular formula is C7H6IS. The smallest absolute Gasteiger partial charge is 0.0344 e. The average Bonchev–Trinajstić information content (AvgIpc) is 1.89. The van der Waals surface area contributed by atoms with Crippen molar-refractivity contribution in [2.45, 2.75) is 4.90 Å². The van der Waals surface area contributed by atoms with Crippen LogP contribution in [0.3, 0.4) is 0 Å². The number of benzene rings is 1. The summed E-state index contributed by atoms with van der Waals surface area (Å²) in [6, 6.07) is 9.16. The Labute approximate surface area is 73.2 Å². The molecule has 0 aliphatic heterocycles. The second kappa shape index (κ2) is 3.46. The SMILES string of the molecule is CSc1ccc[c]c1I. The Morgan fingerprint density at radius 2 is 2.44 bits per heavy atom. The lowest BCUT2D eigenvalue weighted by atomic mass is 10.4. The maximum atomic E-state index is 3.12. The summed E-state index contributed by atoms with van der Waals surface area (Å²) >= 11 is 4.04. The van der Waals surface area contributed by atoms with Crippen molar-refractivity contribution in [2.24, 2.45) is 0 Å². The summed E-state index contributed by atoms with van der Waals surface area (Å²) < 4.78 is 1.21. The van der Waals surface area contributed by atoms with Crippen LogP contribution in [0.5, 0.6) is 0 Å². The molecule has 0 spiro atoms. The number of thioether (sulfide) groups is 1. The Morgan fingerprint density at radius 3 is 2.89 bits per heavy atom. The third-order valence-corrected chi connectivity index (χ3v) is 3.03. The summed E-state index contributed by atoms with van der Waals surface area (Å²) in [7, 11) is 0. The number of rotatable bonds is 1. The van der Waals surface area contributed by atoms with Gasteiger partial charge in [0.2, 0.25) is 0 Å². The van der Waals surface area contributed by atoms with Crippen LogP contribution in [0, 0.1) is 9.64 Å². The zero-order chi connectivity index (χ0) is 6.69. The molecule has 0 heterocycles. The van der Waals surface area contributed by atoms with Gasteiger partial charge in [-0.3, -0.25) is 0 Å². The van der Waals surface area contributed by atoms with E-state index in [-0.39, 0.29) is 0 Å². The van der Waals surface area contributed by atoms with Crippen molar-refractivity contribution in [2.75, 3.05) is 6.26 Å². The van der Waals surface area contributed by atoms with E-state index in [1.807, 2.05) is 12.1 Å². The van der Waals surface area contributed by atoms with E-state index >= 15 is 0 Å². The molecule has 9 heavy (non-hydrogen) atoms. The topological polar surface area (TPSA) is 0 Å². The Balaban J connectivity index is 3.01. The lowest BCUT2D eigenvalue weighted by molar-refractivity contribution is 1.40. The van der Waals surface area contributed by atoms with E-state index in [0.29, 0.717) is 0 Å². The van der Waals surface area contributed by atoms with E-state index in [9.17, 15) is 0 Å². The second-order valence-corrected chi connectivity index (χ2v) is 3.48. The number of halogens is 1. The van der Waals surface area contributed by atoms with Crippen LogP contribution in [0.25, 0.3) is 0 Å². The molecule has 1 aromatic carbocycles. The maximum Gasteiger partial charge on any atom is 0.0344 e. The van der Waals surface area contributed by atoms with Crippen LogP contribution in [-0.4, -0.2) is 6.26 Å². The molecule has 47 valence electrons. The van der Waals surface area contributed by atoms with Crippen molar-refractivity contribution in [3.8, 4) is 0 Å². The zero-order valence-corrected chi connectivity index (χ0v) is 7.99. The van der Waals surface area contributed by atoms with Gasteiger partial charge in [-0.2, -0.15) is 0 Å². The average molecular weight is 249 g/mol. The largest absolute Gasteiger partial charge is 0.128 e. The highest BCUT2D eigenvalue weighted by molar-refractivity contribution is 14.1. The normalized spacial score (nSPS) is 9.56. The van der Waals surface area contributed by atoms with Gasteiger partial charge >= 0.3 is 0 Å². The Hall–Kier alpha value is 0.300. The van der Waals surface area contributed by atoms with Crippen LogP contribution >= 0.6 is 34.4 Å². The van der Waals surface area contributed by atoms with Gasteiger partial charge in [-0.15, -0.1) is 11.8 Å². The van der Waals surface area contributed by atoms with E-state index in [2.05, 4.69) is 41.0 Å². The zero-order valence-electron chi connectivity index (χ0n) is 5.02. The quantitative estimate of drug-likeness (QED) is 0.544. The fourth-order valence-corrected chi connectivity index (χ4v) is 2.03. The number of hydrogen-bond donors (Lipinski definition) is 0. The van der Waals surface area contributed by atoms with Crippen LogP contribution in [0.1, 0.15) is 0 Å². The van der Waals surface area contributed by atoms with Gasteiger partial charge in [-0.05, 0) is 41.0 Å². The molecule has 0 amide bonds. The molecule has 0 aromatic heterocycles. The molecule has 0 saturated heterocycles. The second-order valence-electron chi connectivity index (χ2n) is 1.55. The van der Waals surface area contributed by atoms with Crippen LogP contribution < -0.4 is 0 Å². The highest BCUT2D eigenvalue weighted by Gasteiger charge is 1.92. The predicted molar refractivity (Wildman–Crippen MR) is 49.8 cm³/mol. The molecule has 1 radical (unpaired) electrons. The molecule has 0 atom stereocenters. The summed E-state index contributed by atoms with van der Waals surface area (Å²) in [6.45, 7) is 0. The summed E-state index contributed by atoms with van der Waals surface area (Å²) in [4.78, 5) is 1.30. The first-order valence-electron chi connectivity index (χ1n) is 2.55. The monoisotopic (exact) mass is 249 g/mol.